The van der Waals surface area contributed by atoms with E-state index < -0.39 is 19.7 Å². The lowest BCUT2D eigenvalue weighted by Crippen LogP contribution is -2.64. The first-order valence-corrected chi connectivity index (χ1v) is 13.7. The van der Waals surface area contributed by atoms with Gasteiger partial charge in [0.25, 0.3) is 5.91 Å². The van der Waals surface area contributed by atoms with Crippen molar-refractivity contribution in [1.29, 1.82) is 0 Å². The first kappa shape index (κ1) is 21.6. The van der Waals surface area contributed by atoms with Gasteiger partial charge in [0.05, 0.1) is 31.0 Å². The molecule has 3 fully saturated rings. The van der Waals surface area contributed by atoms with Crippen LogP contribution in [-0.2, 0) is 13.9 Å². The number of likely N-dealkylation sites (tertiary alicyclic amines) is 1. The molecule has 1 amide bonds. The van der Waals surface area contributed by atoms with E-state index in [1.165, 1.54) is 0 Å². The van der Waals surface area contributed by atoms with Crippen LogP contribution < -0.4 is 0 Å². The fourth-order valence-electron chi connectivity index (χ4n) is 4.87. The predicted octanol–water partition coefficient (Wildman–Crippen LogP) is 4.85. The molecule has 2 heterocycles. The molecule has 1 spiro atoms. The second-order valence-corrected chi connectivity index (χ2v) is 15.0. The number of carbonyl (C=O) groups excluding carboxylic acids is 1. The number of ether oxygens (including phenoxy) is 2. The van der Waals surface area contributed by atoms with Crippen molar-refractivity contribution in [2.75, 3.05) is 19.8 Å². The zero-order chi connectivity index (χ0) is 21.8. The molecule has 1 saturated carbocycles. The molecule has 1 aromatic rings. The van der Waals surface area contributed by atoms with Crippen LogP contribution in [0.25, 0.3) is 5.53 Å². The summed E-state index contributed by atoms with van der Waals surface area (Å²) in [6.07, 6.45) is 2.21. The monoisotopic (exact) mass is 430 g/mol. The topological polar surface area (TPSA) is 82.7 Å². The summed E-state index contributed by atoms with van der Waals surface area (Å²) in [4.78, 5) is 15.4. The van der Waals surface area contributed by atoms with Gasteiger partial charge in [0.15, 0.2) is 14.1 Å². The lowest BCUT2D eigenvalue weighted by molar-refractivity contribution is -0.268. The highest BCUT2D eigenvalue weighted by atomic mass is 28.4. The van der Waals surface area contributed by atoms with Crippen LogP contribution in [0.5, 0.6) is 0 Å². The Bertz CT molecular complexity index is 847. The summed E-state index contributed by atoms with van der Waals surface area (Å²) < 4.78 is 19.5. The smallest absolute Gasteiger partial charge is 0.256 e. The average Bonchev–Trinajstić information content (AvgIpc) is 3.28. The number of amides is 1. The number of nitrogens with zero attached hydrogens (tertiary/aromatic N) is 3. The van der Waals surface area contributed by atoms with Crippen LogP contribution in [0.2, 0.25) is 18.1 Å². The highest BCUT2D eigenvalue weighted by Gasteiger charge is 2.67. The van der Waals surface area contributed by atoms with Gasteiger partial charge in [-0.25, -0.2) is 0 Å². The van der Waals surface area contributed by atoms with Gasteiger partial charge >= 0.3 is 0 Å². The Labute approximate surface area is 179 Å². The summed E-state index contributed by atoms with van der Waals surface area (Å²) in [7, 11) is -2.17. The van der Waals surface area contributed by atoms with Crippen molar-refractivity contribution in [2.24, 2.45) is 5.11 Å². The first-order chi connectivity index (χ1) is 14.0. The molecule has 0 radical (unpaired) electrons. The van der Waals surface area contributed by atoms with Gasteiger partial charge in [-0.2, -0.15) is 0 Å². The van der Waals surface area contributed by atoms with Gasteiger partial charge in [-0.1, -0.05) is 32.9 Å². The van der Waals surface area contributed by atoms with Gasteiger partial charge in [-0.05, 0) is 36.7 Å². The van der Waals surface area contributed by atoms with Crippen molar-refractivity contribution >= 4 is 19.9 Å². The normalized spacial score (nSPS) is 28.2. The van der Waals surface area contributed by atoms with Gasteiger partial charge in [-0.3, -0.25) is 4.79 Å². The molecule has 30 heavy (non-hydrogen) atoms. The summed E-state index contributed by atoms with van der Waals surface area (Å²) in [6.45, 7) is 12.6. The third-order valence-corrected chi connectivity index (χ3v) is 12.0. The number of rotatable bonds is 4. The van der Waals surface area contributed by atoms with Crippen LogP contribution >= 0.6 is 0 Å². The molecule has 8 heteroatoms. The van der Waals surface area contributed by atoms with Crippen LogP contribution in [-0.4, -0.2) is 56.3 Å². The van der Waals surface area contributed by atoms with Crippen molar-refractivity contribution in [3.8, 4) is 0 Å². The molecule has 4 rings (SSSR count). The summed E-state index contributed by atoms with van der Waals surface area (Å²) >= 11 is 0. The maximum absolute atomic E-state index is 13.5. The fraction of sp³-hybridized carbons (Fsp3) is 0.682. The predicted molar refractivity (Wildman–Crippen MR) is 116 cm³/mol. The lowest BCUT2D eigenvalue weighted by Gasteiger charge is -2.51. The molecular weight excluding hydrogens is 398 g/mol. The van der Waals surface area contributed by atoms with Gasteiger partial charge in [0, 0.05) is 18.9 Å². The molecular formula is C22H32N3O4Si-. The molecule has 1 aliphatic carbocycles. The Hall–Kier alpha value is -1.61. The molecule has 3 aliphatic rings. The van der Waals surface area contributed by atoms with Crippen LogP contribution in [0.15, 0.2) is 29.4 Å². The minimum Gasteiger partial charge on any atom is -0.706 e. The van der Waals surface area contributed by atoms with Crippen molar-refractivity contribution < 1.29 is 18.7 Å². The standard InChI is InChI=1S/C22H32N3O4Si/c1-20(2,3)30(4,5)29-21-14-16(10-11-22(21)27-12-13-28-22)25(15-21)19(26)17-8-6-7-9-18(17)24-23/h6-9,16H,10-15H2,1-5H3/q-1/t16-,21-/m1/s1. The van der Waals surface area contributed by atoms with Crippen LogP contribution in [0, 0.1) is 0 Å². The minimum absolute atomic E-state index is 0.0221. The maximum atomic E-state index is 13.5. The average molecular weight is 431 g/mol. The third kappa shape index (κ3) is 3.25. The van der Waals surface area contributed by atoms with E-state index >= 15 is 0 Å². The summed E-state index contributed by atoms with van der Waals surface area (Å²) in [5, 5.41) is 3.33. The second-order valence-electron chi connectivity index (χ2n) is 10.3. The van der Waals surface area contributed by atoms with Crippen molar-refractivity contribution in [3.05, 3.63) is 35.4 Å². The summed E-state index contributed by atoms with van der Waals surface area (Å²) in [5.41, 5.74) is 9.35. The maximum Gasteiger partial charge on any atom is 0.256 e. The van der Waals surface area contributed by atoms with Gasteiger partial charge in [-0.15, -0.1) is 0 Å². The Morgan fingerprint density at radius 2 is 1.93 bits per heavy atom. The van der Waals surface area contributed by atoms with E-state index in [9.17, 15) is 10.3 Å². The van der Waals surface area contributed by atoms with E-state index in [-0.39, 0.29) is 22.7 Å². The van der Waals surface area contributed by atoms with Gasteiger partial charge < -0.3 is 29.4 Å². The van der Waals surface area contributed by atoms with Crippen molar-refractivity contribution in [3.63, 3.8) is 0 Å². The minimum atomic E-state index is -2.17. The molecule has 2 aliphatic heterocycles. The largest absolute Gasteiger partial charge is 0.706 e. The highest BCUT2D eigenvalue weighted by Crippen LogP contribution is 2.55. The quantitative estimate of drug-likeness (QED) is 0.505. The molecule has 2 bridgehead atoms. The Morgan fingerprint density at radius 1 is 1.27 bits per heavy atom. The van der Waals surface area contributed by atoms with Gasteiger partial charge in [0.2, 0.25) is 0 Å². The summed E-state index contributed by atoms with van der Waals surface area (Å²) in [5.74, 6) is -0.932. The number of benzene rings is 1. The van der Waals surface area contributed by atoms with E-state index in [4.69, 9.17) is 13.9 Å². The van der Waals surface area contributed by atoms with E-state index in [1.54, 1.807) is 24.3 Å². The third-order valence-electron chi connectivity index (χ3n) is 7.45. The number of hydrogen-bond donors (Lipinski definition) is 0. The Balaban J connectivity index is 1.72. The summed E-state index contributed by atoms with van der Waals surface area (Å²) in [6, 6.07) is 6.94. The van der Waals surface area contributed by atoms with E-state index in [2.05, 4.69) is 39.0 Å². The van der Waals surface area contributed by atoms with E-state index in [1.807, 2.05) is 4.90 Å². The van der Waals surface area contributed by atoms with Crippen LogP contribution in [0.3, 0.4) is 0 Å². The molecule has 2 atom stereocenters. The molecule has 7 nitrogen and oxygen atoms in total. The fourth-order valence-corrected chi connectivity index (χ4v) is 6.45. The molecule has 1 aromatic carbocycles. The molecule has 164 valence electrons. The van der Waals surface area contributed by atoms with Gasteiger partial charge in [0.1, 0.15) is 5.60 Å². The first-order valence-electron chi connectivity index (χ1n) is 10.8. The van der Waals surface area contributed by atoms with E-state index in [0.717, 1.165) is 6.42 Å². The van der Waals surface area contributed by atoms with Crippen molar-refractivity contribution in [1.82, 2.24) is 4.90 Å². The Kier molecular flexibility index (Phi) is 5.20. The van der Waals surface area contributed by atoms with Crippen molar-refractivity contribution in [2.45, 2.75) is 75.6 Å². The molecule has 2 saturated heterocycles. The Morgan fingerprint density at radius 3 is 2.57 bits per heavy atom. The highest BCUT2D eigenvalue weighted by molar-refractivity contribution is 6.74. The SMILES string of the molecule is CC(C)(C)[Si](C)(C)O[C@@]12C[C@@H](CCC13OCCO3)N(C(=O)c1ccccc1N=[N-])C2. The molecule has 0 N–H and O–H groups in total. The lowest BCUT2D eigenvalue weighted by atomic mass is 9.80. The second kappa shape index (κ2) is 7.22. The van der Waals surface area contributed by atoms with Crippen LogP contribution in [0.1, 0.15) is 50.4 Å². The number of hydrogen-bond acceptors (Lipinski definition) is 5. The molecule has 0 unspecified atom stereocenters. The van der Waals surface area contributed by atoms with Crippen LogP contribution in [0.4, 0.5) is 5.69 Å². The number of carbonyl (C=O) groups is 1. The zero-order valence-electron chi connectivity index (χ0n) is 18.6. The zero-order valence-corrected chi connectivity index (χ0v) is 19.6. The van der Waals surface area contributed by atoms with E-state index in [0.29, 0.717) is 38.2 Å². The molecule has 0 aromatic heterocycles. The number of fused-ring (bicyclic) bond motifs is 3.